The number of hydrogen-bond donors (Lipinski definition) is 3. The quantitative estimate of drug-likeness (QED) is 0.551. The third-order valence-corrected chi connectivity index (χ3v) is 6.00. The van der Waals surface area contributed by atoms with Gasteiger partial charge in [-0.25, -0.2) is 0 Å². The van der Waals surface area contributed by atoms with E-state index < -0.39 is 6.04 Å². The molecule has 4 rings (SSSR count). The van der Waals surface area contributed by atoms with E-state index in [0.717, 1.165) is 30.3 Å². The number of para-hydroxylation sites is 1. The maximum absolute atomic E-state index is 13.1. The highest BCUT2D eigenvalue weighted by atomic mass is 16.2. The number of nitrogens with one attached hydrogen (secondary N) is 3. The highest BCUT2D eigenvalue weighted by Gasteiger charge is 2.24. The predicted octanol–water partition coefficient (Wildman–Crippen LogP) is 4.36. The molecule has 1 atom stereocenters. The Bertz CT molecular complexity index is 1030. The summed E-state index contributed by atoms with van der Waals surface area (Å²) in [6.07, 6.45) is 8.61. The summed E-state index contributed by atoms with van der Waals surface area (Å²) in [5.41, 5.74) is 3.86. The zero-order valence-electron chi connectivity index (χ0n) is 17.2. The molecule has 0 bridgehead atoms. The summed E-state index contributed by atoms with van der Waals surface area (Å²) >= 11 is 0. The minimum absolute atomic E-state index is 0.0190. The van der Waals surface area contributed by atoms with E-state index in [1.807, 2.05) is 30.5 Å². The molecule has 3 aromatic rings. The van der Waals surface area contributed by atoms with E-state index in [0.29, 0.717) is 12.1 Å². The highest BCUT2D eigenvalue weighted by molar-refractivity contribution is 5.84. The summed E-state index contributed by atoms with van der Waals surface area (Å²) in [6.45, 7) is 0.685. The number of aromatic nitrogens is 1. The molecule has 1 unspecified atom stereocenters. The van der Waals surface area contributed by atoms with Gasteiger partial charge < -0.3 is 15.6 Å². The molecule has 1 heterocycles. The number of H-pyrrole nitrogens is 1. The van der Waals surface area contributed by atoms with Crippen molar-refractivity contribution in [1.82, 2.24) is 15.6 Å². The second-order valence-corrected chi connectivity index (χ2v) is 8.07. The van der Waals surface area contributed by atoms with Crippen molar-refractivity contribution in [1.29, 1.82) is 5.26 Å². The van der Waals surface area contributed by atoms with Gasteiger partial charge >= 0.3 is 0 Å². The van der Waals surface area contributed by atoms with Crippen molar-refractivity contribution in [3.63, 3.8) is 0 Å². The molecule has 0 saturated heterocycles. The molecule has 1 amide bonds. The lowest BCUT2D eigenvalue weighted by atomic mass is 9.95. The summed E-state index contributed by atoms with van der Waals surface area (Å²) in [5, 5.41) is 17.0. The molecule has 1 aromatic heterocycles. The Morgan fingerprint density at radius 2 is 1.87 bits per heavy atom. The first kappa shape index (κ1) is 20.2. The van der Waals surface area contributed by atoms with Gasteiger partial charge in [-0.3, -0.25) is 4.79 Å². The number of rotatable bonds is 7. The van der Waals surface area contributed by atoms with Gasteiger partial charge in [0.25, 0.3) is 0 Å². The minimum Gasteiger partial charge on any atom is -0.361 e. The Labute approximate surface area is 177 Å². The lowest BCUT2D eigenvalue weighted by Gasteiger charge is -2.26. The fraction of sp³-hybridized carbons (Fsp3) is 0.360. The molecule has 0 aliphatic heterocycles. The molecule has 5 heteroatoms. The largest absolute Gasteiger partial charge is 0.361 e. The molecule has 30 heavy (non-hydrogen) atoms. The number of benzene rings is 2. The molecule has 1 aliphatic carbocycles. The van der Waals surface area contributed by atoms with Crippen LogP contribution in [0.4, 0.5) is 0 Å². The Kier molecular flexibility index (Phi) is 6.46. The van der Waals surface area contributed by atoms with Crippen LogP contribution in [0.25, 0.3) is 10.9 Å². The third kappa shape index (κ3) is 4.72. The van der Waals surface area contributed by atoms with Crippen LogP contribution in [0.2, 0.25) is 0 Å². The molecular weight excluding hydrogens is 372 g/mol. The lowest BCUT2D eigenvalue weighted by molar-refractivity contribution is -0.124. The van der Waals surface area contributed by atoms with Gasteiger partial charge in [-0.2, -0.15) is 5.26 Å². The van der Waals surface area contributed by atoms with Crippen LogP contribution < -0.4 is 10.6 Å². The average Bonchev–Trinajstić information content (AvgIpc) is 3.20. The van der Waals surface area contributed by atoms with Crippen molar-refractivity contribution in [2.24, 2.45) is 0 Å². The van der Waals surface area contributed by atoms with E-state index in [1.165, 1.54) is 30.2 Å². The second kappa shape index (κ2) is 9.60. The van der Waals surface area contributed by atoms with Crippen molar-refractivity contribution in [2.45, 2.75) is 50.6 Å². The van der Waals surface area contributed by atoms with Crippen molar-refractivity contribution in [3.05, 3.63) is 71.4 Å². The first-order valence-electron chi connectivity index (χ1n) is 10.8. The van der Waals surface area contributed by atoms with Crippen LogP contribution in [0.3, 0.4) is 0 Å². The normalized spacial score (nSPS) is 15.6. The Hall–Kier alpha value is -3.10. The van der Waals surface area contributed by atoms with Crippen molar-refractivity contribution >= 4 is 16.8 Å². The van der Waals surface area contributed by atoms with Crippen LogP contribution in [0.5, 0.6) is 0 Å². The van der Waals surface area contributed by atoms with Gasteiger partial charge in [-0.1, -0.05) is 49.6 Å². The predicted molar refractivity (Wildman–Crippen MR) is 119 cm³/mol. The number of hydrogen-bond acceptors (Lipinski definition) is 3. The minimum atomic E-state index is -0.426. The molecule has 1 saturated carbocycles. The fourth-order valence-corrected chi connectivity index (χ4v) is 4.33. The van der Waals surface area contributed by atoms with Gasteiger partial charge in [0, 0.05) is 29.7 Å². The Morgan fingerprint density at radius 1 is 1.10 bits per heavy atom. The van der Waals surface area contributed by atoms with Gasteiger partial charge in [-0.15, -0.1) is 0 Å². The second-order valence-electron chi connectivity index (χ2n) is 8.07. The number of fused-ring (bicyclic) bond motifs is 1. The summed E-state index contributed by atoms with van der Waals surface area (Å²) in [4.78, 5) is 16.4. The zero-order valence-corrected chi connectivity index (χ0v) is 17.2. The number of amides is 1. The molecule has 1 aliphatic rings. The maximum Gasteiger partial charge on any atom is 0.241 e. The van der Waals surface area contributed by atoms with Gasteiger partial charge in [0.1, 0.15) is 6.04 Å². The fourth-order valence-electron chi connectivity index (χ4n) is 4.33. The molecule has 2 aromatic carbocycles. The SMILES string of the molecule is N#Cc1ccc(C(NCCc2c[nH]c3ccccc23)C(=O)NC2CCCCC2)cc1. The average molecular weight is 401 g/mol. The van der Waals surface area contributed by atoms with Crippen LogP contribution in [-0.4, -0.2) is 23.5 Å². The Balaban J connectivity index is 1.46. The highest BCUT2D eigenvalue weighted by Crippen LogP contribution is 2.21. The van der Waals surface area contributed by atoms with Crippen LogP contribution in [-0.2, 0) is 11.2 Å². The topological polar surface area (TPSA) is 80.7 Å². The molecule has 0 radical (unpaired) electrons. The van der Waals surface area contributed by atoms with Crippen LogP contribution in [0, 0.1) is 11.3 Å². The number of aromatic amines is 1. The third-order valence-electron chi connectivity index (χ3n) is 6.00. The van der Waals surface area contributed by atoms with Gasteiger partial charge in [0.2, 0.25) is 5.91 Å². The summed E-state index contributed by atoms with van der Waals surface area (Å²) in [6, 6.07) is 17.6. The molecular formula is C25H28N4O. The van der Waals surface area contributed by atoms with Crippen LogP contribution >= 0.6 is 0 Å². The molecule has 0 spiro atoms. The molecule has 154 valence electrons. The van der Waals surface area contributed by atoms with Crippen LogP contribution in [0.1, 0.15) is 54.8 Å². The first-order valence-corrected chi connectivity index (χ1v) is 10.8. The summed E-state index contributed by atoms with van der Waals surface area (Å²) in [7, 11) is 0. The zero-order chi connectivity index (χ0) is 20.8. The van der Waals surface area contributed by atoms with E-state index in [2.05, 4.69) is 33.8 Å². The summed E-state index contributed by atoms with van der Waals surface area (Å²) in [5.74, 6) is 0.0190. The lowest BCUT2D eigenvalue weighted by Crippen LogP contribution is -2.43. The van der Waals surface area contributed by atoms with E-state index in [-0.39, 0.29) is 11.9 Å². The molecule has 3 N–H and O–H groups in total. The number of nitriles is 1. The van der Waals surface area contributed by atoms with Crippen molar-refractivity contribution in [2.75, 3.05) is 6.54 Å². The maximum atomic E-state index is 13.1. The Morgan fingerprint density at radius 3 is 2.63 bits per heavy atom. The monoisotopic (exact) mass is 400 g/mol. The van der Waals surface area contributed by atoms with Crippen molar-refractivity contribution < 1.29 is 4.79 Å². The standard InChI is InChI=1S/C25H28N4O/c26-16-18-10-12-19(13-11-18)24(25(30)29-21-6-2-1-3-7-21)27-15-14-20-17-28-23-9-5-4-8-22(20)23/h4-5,8-13,17,21,24,27-28H,1-3,6-7,14-15H2,(H,29,30). The van der Waals surface area contributed by atoms with Crippen LogP contribution in [0.15, 0.2) is 54.7 Å². The van der Waals surface area contributed by atoms with Crippen molar-refractivity contribution in [3.8, 4) is 6.07 Å². The first-order chi connectivity index (χ1) is 14.7. The van der Waals surface area contributed by atoms with Gasteiger partial charge in [0.15, 0.2) is 0 Å². The summed E-state index contributed by atoms with van der Waals surface area (Å²) < 4.78 is 0. The molecule has 5 nitrogen and oxygen atoms in total. The smallest absolute Gasteiger partial charge is 0.241 e. The van der Waals surface area contributed by atoms with Gasteiger partial charge in [-0.05, 0) is 48.6 Å². The number of nitrogens with zero attached hydrogens (tertiary/aromatic N) is 1. The number of carbonyl (C=O) groups excluding carboxylic acids is 1. The molecule has 1 fully saturated rings. The van der Waals surface area contributed by atoms with Gasteiger partial charge in [0.05, 0.1) is 11.6 Å². The van der Waals surface area contributed by atoms with E-state index in [4.69, 9.17) is 5.26 Å². The number of carbonyl (C=O) groups is 1. The van der Waals surface area contributed by atoms with E-state index in [9.17, 15) is 4.79 Å². The van der Waals surface area contributed by atoms with E-state index >= 15 is 0 Å². The van der Waals surface area contributed by atoms with E-state index in [1.54, 1.807) is 12.1 Å².